The van der Waals surface area contributed by atoms with Crippen LogP contribution in [0.15, 0.2) is 59.2 Å². The monoisotopic (exact) mass is 352 g/mol. The SMILES string of the molecule is Cc1cc(C(=O)NCC[C@@H](c2ccc(F)cc2)c2ccco2)cc(C)n1. The van der Waals surface area contributed by atoms with E-state index >= 15 is 0 Å². The van der Waals surface area contributed by atoms with Crippen molar-refractivity contribution in [3.63, 3.8) is 0 Å². The Balaban J connectivity index is 1.68. The number of aromatic nitrogens is 1. The third-order valence-corrected chi connectivity index (χ3v) is 4.22. The molecule has 4 nitrogen and oxygen atoms in total. The first kappa shape index (κ1) is 17.9. The first-order chi connectivity index (χ1) is 12.5. The lowest BCUT2D eigenvalue weighted by Gasteiger charge is -2.16. The van der Waals surface area contributed by atoms with E-state index in [0.717, 1.165) is 22.7 Å². The summed E-state index contributed by atoms with van der Waals surface area (Å²) >= 11 is 0. The Bertz CT molecular complexity index is 853. The quantitative estimate of drug-likeness (QED) is 0.716. The number of carbonyl (C=O) groups excluding carboxylic acids is 1. The first-order valence-corrected chi connectivity index (χ1v) is 8.55. The van der Waals surface area contributed by atoms with Crippen LogP contribution in [0.2, 0.25) is 0 Å². The number of pyridine rings is 1. The third kappa shape index (κ3) is 4.36. The number of halogens is 1. The normalized spacial score (nSPS) is 12.0. The highest BCUT2D eigenvalue weighted by molar-refractivity contribution is 5.94. The van der Waals surface area contributed by atoms with E-state index in [4.69, 9.17) is 4.42 Å². The molecule has 0 fully saturated rings. The molecule has 1 N–H and O–H groups in total. The highest BCUT2D eigenvalue weighted by atomic mass is 19.1. The molecule has 26 heavy (non-hydrogen) atoms. The Hall–Kier alpha value is -2.95. The van der Waals surface area contributed by atoms with Gasteiger partial charge in [-0.2, -0.15) is 0 Å². The number of aryl methyl sites for hydroxylation is 2. The molecular formula is C21H21FN2O2. The number of hydrogen-bond acceptors (Lipinski definition) is 3. The van der Waals surface area contributed by atoms with Crippen molar-refractivity contribution in [3.8, 4) is 0 Å². The second-order valence-electron chi connectivity index (χ2n) is 6.30. The molecule has 0 aliphatic carbocycles. The van der Waals surface area contributed by atoms with Gasteiger partial charge < -0.3 is 9.73 Å². The largest absolute Gasteiger partial charge is 0.469 e. The number of furan rings is 1. The molecule has 0 unspecified atom stereocenters. The third-order valence-electron chi connectivity index (χ3n) is 4.22. The first-order valence-electron chi connectivity index (χ1n) is 8.55. The number of hydrogen-bond donors (Lipinski definition) is 1. The summed E-state index contributed by atoms with van der Waals surface area (Å²) in [6, 6.07) is 13.6. The molecule has 2 aromatic heterocycles. The van der Waals surface area contributed by atoms with E-state index in [1.165, 1.54) is 12.1 Å². The molecule has 3 rings (SSSR count). The van der Waals surface area contributed by atoms with Gasteiger partial charge in [-0.25, -0.2) is 4.39 Å². The van der Waals surface area contributed by atoms with E-state index in [1.54, 1.807) is 30.5 Å². The molecule has 1 amide bonds. The van der Waals surface area contributed by atoms with E-state index in [1.807, 2.05) is 26.0 Å². The minimum atomic E-state index is -0.274. The van der Waals surface area contributed by atoms with Gasteiger partial charge in [-0.05, 0) is 62.2 Å². The van der Waals surface area contributed by atoms with Crippen LogP contribution < -0.4 is 5.32 Å². The highest BCUT2D eigenvalue weighted by Gasteiger charge is 2.17. The summed E-state index contributed by atoms with van der Waals surface area (Å²) in [5.41, 5.74) is 3.18. The summed E-state index contributed by atoms with van der Waals surface area (Å²) < 4.78 is 18.8. The summed E-state index contributed by atoms with van der Waals surface area (Å²) in [5, 5.41) is 2.94. The van der Waals surface area contributed by atoms with Gasteiger partial charge in [0.2, 0.25) is 0 Å². The maximum absolute atomic E-state index is 13.2. The zero-order chi connectivity index (χ0) is 18.5. The van der Waals surface area contributed by atoms with Gasteiger partial charge >= 0.3 is 0 Å². The zero-order valence-electron chi connectivity index (χ0n) is 14.8. The van der Waals surface area contributed by atoms with E-state index in [2.05, 4.69) is 10.3 Å². The maximum atomic E-state index is 13.2. The van der Waals surface area contributed by atoms with Crippen molar-refractivity contribution in [2.75, 3.05) is 6.54 Å². The van der Waals surface area contributed by atoms with E-state index < -0.39 is 0 Å². The highest BCUT2D eigenvalue weighted by Crippen LogP contribution is 2.28. The lowest BCUT2D eigenvalue weighted by molar-refractivity contribution is 0.0952. The number of nitrogens with zero attached hydrogens (tertiary/aromatic N) is 1. The standard InChI is InChI=1S/C21H21FN2O2/c1-14-12-17(13-15(2)24-14)21(25)23-10-9-19(20-4-3-11-26-20)16-5-7-18(22)8-6-16/h3-8,11-13,19H,9-10H2,1-2H3,(H,23,25)/t19-/m0/s1. The number of rotatable bonds is 6. The van der Waals surface area contributed by atoms with Gasteiger partial charge in [0.05, 0.1) is 6.26 Å². The minimum absolute atomic E-state index is 0.0492. The lowest BCUT2D eigenvalue weighted by atomic mass is 9.93. The van der Waals surface area contributed by atoms with Crippen molar-refractivity contribution in [2.24, 2.45) is 0 Å². The van der Waals surface area contributed by atoms with Crippen LogP contribution in [0.4, 0.5) is 4.39 Å². The molecular weight excluding hydrogens is 331 g/mol. The fourth-order valence-corrected chi connectivity index (χ4v) is 3.06. The second-order valence-corrected chi connectivity index (χ2v) is 6.30. The summed E-state index contributed by atoms with van der Waals surface area (Å²) in [4.78, 5) is 16.7. The minimum Gasteiger partial charge on any atom is -0.469 e. The average Bonchev–Trinajstić information content (AvgIpc) is 3.13. The van der Waals surface area contributed by atoms with Crippen LogP contribution in [-0.2, 0) is 0 Å². The van der Waals surface area contributed by atoms with Crippen molar-refractivity contribution >= 4 is 5.91 Å². The van der Waals surface area contributed by atoms with Crippen LogP contribution in [0.1, 0.15) is 45.4 Å². The summed E-state index contributed by atoms with van der Waals surface area (Å²) in [6.45, 7) is 4.21. The Morgan fingerprint density at radius 2 is 1.85 bits per heavy atom. The van der Waals surface area contributed by atoms with Crippen molar-refractivity contribution < 1.29 is 13.6 Å². The Morgan fingerprint density at radius 1 is 1.15 bits per heavy atom. The van der Waals surface area contributed by atoms with Gasteiger partial charge in [-0.1, -0.05) is 12.1 Å². The van der Waals surface area contributed by atoms with E-state index in [9.17, 15) is 9.18 Å². The summed E-state index contributed by atoms with van der Waals surface area (Å²) in [5.74, 6) is 0.341. The topological polar surface area (TPSA) is 55.1 Å². The van der Waals surface area contributed by atoms with Crippen LogP contribution in [-0.4, -0.2) is 17.4 Å². The molecule has 0 spiro atoms. The van der Waals surface area contributed by atoms with E-state index in [0.29, 0.717) is 18.5 Å². The van der Waals surface area contributed by atoms with Gasteiger partial charge in [-0.3, -0.25) is 9.78 Å². The smallest absolute Gasteiger partial charge is 0.251 e. The fourth-order valence-electron chi connectivity index (χ4n) is 3.06. The Kier molecular flexibility index (Phi) is 5.46. The summed E-state index contributed by atoms with van der Waals surface area (Å²) in [7, 11) is 0. The molecule has 3 aromatic rings. The zero-order valence-corrected chi connectivity index (χ0v) is 14.8. The molecule has 0 bridgehead atoms. The lowest BCUT2D eigenvalue weighted by Crippen LogP contribution is -2.26. The number of amides is 1. The molecule has 1 aromatic carbocycles. The molecule has 0 radical (unpaired) electrons. The number of benzene rings is 1. The van der Waals surface area contributed by atoms with Gasteiger partial charge in [0.1, 0.15) is 11.6 Å². The summed E-state index contributed by atoms with van der Waals surface area (Å²) in [6.07, 6.45) is 2.26. The fraction of sp³-hybridized carbons (Fsp3) is 0.238. The van der Waals surface area contributed by atoms with Crippen molar-refractivity contribution in [1.82, 2.24) is 10.3 Å². The van der Waals surface area contributed by atoms with Gasteiger partial charge in [-0.15, -0.1) is 0 Å². The molecule has 0 aliphatic heterocycles. The number of nitrogens with one attached hydrogen (secondary N) is 1. The van der Waals surface area contributed by atoms with Crippen LogP contribution in [0.25, 0.3) is 0 Å². The second kappa shape index (κ2) is 7.95. The van der Waals surface area contributed by atoms with Crippen LogP contribution in [0, 0.1) is 19.7 Å². The Morgan fingerprint density at radius 3 is 2.46 bits per heavy atom. The van der Waals surface area contributed by atoms with Crippen molar-refractivity contribution in [3.05, 3.63) is 88.9 Å². The molecule has 0 saturated carbocycles. The molecule has 1 atom stereocenters. The molecule has 134 valence electrons. The predicted molar refractivity (Wildman–Crippen MR) is 97.6 cm³/mol. The number of carbonyl (C=O) groups is 1. The van der Waals surface area contributed by atoms with Crippen molar-refractivity contribution in [2.45, 2.75) is 26.2 Å². The average molecular weight is 352 g/mol. The van der Waals surface area contributed by atoms with Gasteiger partial charge in [0.25, 0.3) is 5.91 Å². The van der Waals surface area contributed by atoms with Crippen LogP contribution in [0.5, 0.6) is 0 Å². The predicted octanol–water partition coefficient (Wildman–Crippen LogP) is 4.38. The van der Waals surface area contributed by atoms with Crippen LogP contribution in [0.3, 0.4) is 0 Å². The van der Waals surface area contributed by atoms with E-state index in [-0.39, 0.29) is 17.6 Å². The van der Waals surface area contributed by atoms with Crippen molar-refractivity contribution in [1.29, 1.82) is 0 Å². The Labute approximate surface area is 152 Å². The molecule has 0 aliphatic rings. The van der Waals surface area contributed by atoms with Crippen LogP contribution >= 0.6 is 0 Å². The molecule has 5 heteroatoms. The van der Waals surface area contributed by atoms with Gasteiger partial charge in [0, 0.05) is 29.4 Å². The van der Waals surface area contributed by atoms with Gasteiger partial charge in [0.15, 0.2) is 0 Å². The maximum Gasteiger partial charge on any atom is 0.251 e. The molecule has 0 saturated heterocycles. The molecule has 2 heterocycles.